The van der Waals surface area contributed by atoms with E-state index in [0.29, 0.717) is 11.3 Å². The number of hydrogen-bond donors (Lipinski definition) is 1. The van der Waals surface area contributed by atoms with Crippen molar-refractivity contribution >= 4 is 18.3 Å². The molecule has 1 amide bonds. The normalized spacial score (nSPS) is 14.8. The van der Waals surface area contributed by atoms with E-state index >= 15 is 0 Å². The van der Waals surface area contributed by atoms with Gasteiger partial charge in [-0.2, -0.15) is 0 Å². The number of carbonyl (C=O) groups is 1. The Kier molecular flexibility index (Phi) is 7.19. The molecule has 0 aliphatic carbocycles. The van der Waals surface area contributed by atoms with Gasteiger partial charge in [0.25, 0.3) is 5.91 Å². The fourth-order valence-electron chi connectivity index (χ4n) is 2.14. The van der Waals surface area contributed by atoms with E-state index in [4.69, 9.17) is 10.5 Å². The fourth-order valence-corrected chi connectivity index (χ4v) is 2.14. The molecule has 0 spiro atoms. The summed E-state index contributed by atoms with van der Waals surface area (Å²) in [5.41, 5.74) is 5.83. The summed E-state index contributed by atoms with van der Waals surface area (Å²) in [6.07, 6.45) is 3.41. The van der Waals surface area contributed by atoms with Crippen LogP contribution >= 0.6 is 12.4 Å². The Morgan fingerprint density at radius 3 is 2.48 bits per heavy atom. The summed E-state index contributed by atoms with van der Waals surface area (Å²) in [6, 6.07) is 6.78. The third kappa shape index (κ3) is 5.02. The van der Waals surface area contributed by atoms with Gasteiger partial charge in [0.1, 0.15) is 18.2 Å². The molecule has 2 N–H and O–H groups in total. The molecule has 1 aliphatic rings. The number of nitrogens with zero attached hydrogens (tertiary/aromatic N) is 1. The van der Waals surface area contributed by atoms with E-state index < -0.39 is 5.83 Å². The molecule has 0 radical (unpaired) electrons. The molecule has 1 heterocycles. The van der Waals surface area contributed by atoms with E-state index in [1.165, 1.54) is 6.08 Å². The van der Waals surface area contributed by atoms with Crippen LogP contribution in [-0.4, -0.2) is 37.0 Å². The number of carbonyl (C=O) groups excluding carboxylic acids is 1. The lowest BCUT2D eigenvalue weighted by molar-refractivity contribution is 0.0793. The predicted molar refractivity (Wildman–Crippen MR) is 82.6 cm³/mol. The number of halogens is 2. The van der Waals surface area contributed by atoms with Crippen molar-refractivity contribution in [1.82, 2.24) is 4.90 Å². The number of likely N-dealkylation sites (tertiary alicyclic amines) is 1. The molecule has 21 heavy (non-hydrogen) atoms. The minimum atomic E-state index is -0.398. The molecular formula is C15H20ClFN2O2. The third-order valence-electron chi connectivity index (χ3n) is 3.21. The van der Waals surface area contributed by atoms with Gasteiger partial charge in [0.15, 0.2) is 0 Å². The van der Waals surface area contributed by atoms with Crippen LogP contribution in [-0.2, 0) is 0 Å². The van der Waals surface area contributed by atoms with Crippen molar-refractivity contribution in [2.24, 2.45) is 5.73 Å². The van der Waals surface area contributed by atoms with Gasteiger partial charge < -0.3 is 15.4 Å². The Hall–Kier alpha value is -1.59. The van der Waals surface area contributed by atoms with Gasteiger partial charge in [-0.15, -0.1) is 12.4 Å². The summed E-state index contributed by atoms with van der Waals surface area (Å²) < 4.78 is 18.4. The monoisotopic (exact) mass is 314 g/mol. The summed E-state index contributed by atoms with van der Waals surface area (Å²) >= 11 is 0. The van der Waals surface area contributed by atoms with Crippen LogP contribution in [0.4, 0.5) is 4.39 Å². The maximum Gasteiger partial charge on any atom is 0.253 e. The van der Waals surface area contributed by atoms with Gasteiger partial charge in [-0.05, 0) is 43.2 Å². The average Bonchev–Trinajstić information content (AvgIpc) is 2.99. The van der Waals surface area contributed by atoms with E-state index in [-0.39, 0.29) is 31.5 Å². The van der Waals surface area contributed by atoms with E-state index in [2.05, 4.69) is 0 Å². The first-order valence-corrected chi connectivity index (χ1v) is 6.77. The topological polar surface area (TPSA) is 55.6 Å². The number of rotatable bonds is 5. The second kappa shape index (κ2) is 8.64. The highest BCUT2D eigenvalue weighted by Crippen LogP contribution is 2.17. The molecule has 1 aromatic carbocycles. The van der Waals surface area contributed by atoms with Crippen molar-refractivity contribution in [2.75, 3.05) is 26.2 Å². The Morgan fingerprint density at radius 2 is 1.90 bits per heavy atom. The Bertz CT molecular complexity index is 485. The highest BCUT2D eigenvalue weighted by atomic mass is 35.5. The van der Waals surface area contributed by atoms with Crippen molar-refractivity contribution in [3.63, 3.8) is 0 Å². The fraction of sp³-hybridized carbons (Fsp3) is 0.400. The van der Waals surface area contributed by atoms with Crippen molar-refractivity contribution in [3.8, 4) is 5.75 Å². The lowest BCUT2D eigenvalue weighted by Gasteiger charge is -2.15. The number of hydrogen-bond acceptors (Lipinski definition) is 3. The van der Waals surface area contributed by atoms with Gasteiger partial charge in [0, 0.05) is 25.2 Å². The van der Waals surface area contributed by atoms with Crippen LogP contribution in [0.3, 0.4) is 0 Å². The molecule has 6 heteroatoms. The van der Waals surface area contributed by atoms with Crippen LogP contribution in [0.2, 0.25) is 0 Å². The standard InChI is InChI=1S/C15H19FN2O2.ClH/c16-13(7-8-17)11-20-14-5-3-12(4-6-14)15(19)18-9-1-2-10-18;/h3-7H,1-2,8-11,17H2;1H. The lowest BCUT2D eigenvalue weighted by Crippen LogP contribution is -2.27. The largest absolute Gasteiger partial charge is 0.487 e. The van der Waals surface area contributed by atoms with Crippen molar-refractivity contribution in [2.45, 2.75) is 12.8 Å². The lowest BCUT2D eigenvalue weighted by atomic mass is 10.2. The SMILES string of the molecule is Cl.NCC=C(F)COc1ccc(C(=O)N2CCCC2)cc1. The van der Waals surface area contributed by atoms with Crippen molar-refractivity contribution in [3.05, 3.63) is 41.7 Å². The first-order valence-electron chi connectivity index (χ1n) is 6.77. The molecule has 116 valence electrons. The van der Waals surface area contributed by atoms with Gasteiger partial charge in [-0.1, -0.05) is 0 Å². The van der Waals surface area contributed by atoms with Crippen LogP contribution in [0.5, 0.6) is 5.75 Å². The number of benzene rings is 1. The predicted octanol–water partition coefficient (Wildman–Crippen LogP) is 2.54. The van der Waals surface area contributed by atoms with Gasteiger partial charge in [0.2, 0.25) is 0 Å². The van der Waals surface area contributed by atoms with Gasteiger partial charge in [0.05, 0.1) is 0 Å². The van der Waals surface area contributed by atoms with E-state index in [0.717, 1.165) is 25.9 Å². The zero-order valence-electron chi connectivity index (χ0n) is 11.8. The maximum atomic E-state index is 13.1. The Labute approximate surface area is 130 Å². The quantitative estimate of drug-likeness (QED) is 0.908. The third-order valence-corrected chi connectivity index (χ3v) is 3.21. The van der Waals surface area contributed by atoms with Gasteiger partial charge in [-0.25, -0.2) is 4.39 Å². The second-order valence-corrected chi connectivity index (χ2v) is 4.70. The van der Waals surface area contributed by atoms with Crippen molar-refractivity contribution < 1.29 is 13.9 Å². The second-order valence-electron chi connectivity index (χ2n) is 4.70. The van der Waals surface area contributed by atoms with Crippen LogP contribution < -0.4 is 10.5 Å². The van der Waals surface area contributed by atoms with E-state index in [1.807, 2.05) is 4.90 Å². The molecule has 0 unspecified atom stereocenters. The smallest absolute Gasteiger partial charge is 0.253 e. The summed E-state index contributed by atoms with van der Waals surface area (Å²) in [5, 5.41) is 0. The molecule has 2 rings (SSSR count). The molecule has 0 aromatic heterocycles. The Balaban J connectivity index is 0.00000220. The van der Waals surface area contributed by atoms with Crippen LogP contribution in [0, 0.1) is 0 Å². The molecule has 0 bridgehead atoms. The van der Waals surface area contributed by atoms with Crippen LogP contribution in [0.25, 0.3) is 0 Å². The maximum absolute atomic E-state index is 13.1. The summed E-state index contributed by atoms with van der Waals surface area (Å²) in [5.74, 6) is 0.177. The minimum absolute atomic E-state index is 0. The first-order chi connectivity index (χ1) is 9.70. The summed E-state index contributed by atoms with van der Waals surface area (Å²) in [4.78, 5) is 14.0. The zero-order chi connectivity index (χ0) is 14.4. The minimum Gasteiger partial charge on any atom is -0.487 e. The van der Waals surface area contributed by atoms with Crippen molar-refractivity contribution in [1.29, 1.82) is 0 Å². The molecule has 4 nitrogen and oxygen atoms in total. The van der Waals surface area contributed by atoms with Gasteiger partial charge >= 0.3 is 0 Å². The van der Waals surface area contributed by atoms with E-state index in [1.54, 1.807) is 24.3 Å². The molecular weight excluding hydrogens is 295 g/mol. The number of amides is 1. The van der Waals surface area contributed by atoms with Crippen LogP contribution in [0.15, 0.2) is 36.2 Å². The average molecular weight is 315 g/mol. The van der Waals surface area contributed by atoms with Gasteiger partial charge in [-0.3, -0.25) is 4.79 Å². The zero-order valence-corrected chi connectivity index (χ0v) is 12.6. The summed E-state index contributed by atoms with van der Waals surface area (Å²) in [6.45, 7) is 1.66. The summed E-state index contributed by atoms with van der Waals surface area (Å²) in [7, 11) is 0. The highest BCUT2D eigenvalue weighted by molar-refractivity contribution is 5.94. The first kappa shape index (κ1) is 17.5. The molecule has 1 aliphatic heterocycles. The van der Waals surface area contributed by atoms with Crippen LogP contribution in [0.1, 0.15) is 23.2 Å². The molecule has 1 saturated heterocycles. The molecule has 0 atom stereocenters. The van der Waals surface area contributed by atoms with E-state index in [9.17, 15) is 9.18 Å². The number of nitrogens with two attached hydrogens (primary N) is 1. The molecule has 1 aromatic rings. The number of ether oxygens (including phenoxy) is 1. The molecule has 1 fully saturated rings. The Morgan fingerprint density at radius 1 is 1.29 bits per heavy atom. The molecule has 0 saturated carbocycles. The highest BCUT2D eigenvalue weighted by Gasteiger charge is 2.19.